The van der Waals surface area contributed by atoms with Crippen molar-refractivity contribution in [2.24, 2.45) is 4.99 Å². The number of likely N-dealkylation sites (tertiary alicyclic amines) is 1. The van der Waals surface area contributed by atoms with Crippen LogP contribution in [0.3, 0.4) is 0 Å². The molecule has 2 amide bonds. The number of alkyl carbamates (subject to hydrolysis) is 1. The molecule has 0 aliphatic carbocycles. The highest BCUT2D eigenvalue weighted by Crippen LogP contribution is 2.13. The van der Waals surface area contributed by atoms with E-state index in [1.807, 2.05) is 20.8 Å². The van der Waals surface area contributed by atoms with Gasteiger partial charge in [-0.2, -0.15) is 0 Å². The molecule has 1 unspecified atom stereocenters. The zero-order valence-corrected chi connectivity index (χ0v) is 21.2. The van der Waals surface area contributed by atoms with Crippen molar-refractivity contribution in [2.75, 3.05) is 40.3 Å². The first-order valence-corrected chi connectivity index (χ1v) is 10.1. The van der Waals surface area contributed by atoms with Crippen molar-refractivity contribution < 1.29 is 19.1 Å². The maximum Gasteiger partial charge on any atom is 0.407 e. The Kier molecular flexibility index (Phi) is 10.9. The van der Waals surface area contributed by atoms with Crippen molar-refractivity contribution in [1.82, 2.24) is 20.9 Å². The number of carbonyl (C=O) groups excluding carboxylic acids is 2. The molecule has 0 aromatic heterocycles. The van der Waals surface area contributed by atoms with E-state index in [9.17, 15) is 9.59 Å². The summed E-state index contributed by atoms with van der Waals surface area (Å²) in [6, 6.07) is 7.02. The maximum atomic E-state index is 12.2. The van der Waals surface area contributed by atoms with Crippen molar-refractivity contribution in [3.05, 3.63) is 29.8 Å². The Morgan fingerprint density at radius 3 is 2.58 bits per heavy atom. The first-order chi connectivity index (χ1) is 14.2. The smallest absolute Gasteiger partial charge is 0.407 e. The molecule has 1 fully saturated rings. The number of rotatable bonds is 6. The molecule has 0 bridgehead atoms. The summed E-state index contributed by atoms with van der Waals surface area (Å²) < 4.78 is 10.5. The lowest BCUT2D eigenvalue weighted by Crippen LogP contribution is -2.45. The number of nitrogens with one attached hydrogen (secondary N) is 3. The molecule has 174 valence electrons. The van der Waals surface area contributed by atoms with Gasteiger partial charge in [0, 0.05) is 38.8 Å². The Morgan fingerprint density at radius 2 is 1.94 bits per heavy atom. The summed E-state index contributed by atoms with van der Waals surface area (Å²) in [5.74, 6) is 1.22. The fraction of sp³-hybridized carbons (Fsp3) is 0.571. The first kappa shape index (κ1) is 26.8. The molecule has 10 heteroatoms. The molecule has 1 heterocycles. The number of methoxy groups -OCH3 is 1. The zero-order chi connectivity index (χ0) is 22.1. The molecular formula is C21H34IN5O4. The molecule has 0 spiro atoms. The number of carbonyl (C=O) groups is 2. The average molecular weight is 547 g/mol. The molecule has 0 radical (unpaired) electrons. The minimum absolute atomic E-state index is 0. The number of guanidine groups is 1. The standard InChI is InChI=1S/C21H33N5O4.HI/c1-21(2,3)30-20(28)25-16-9-12-26(14-16)19(22-4)24-11-10-23-18(27)15-7-6-8-17(13-15)29-5;/h6-8,13,16H,9-12,14H2,1-5H3,(H,22,24)(H,23,27)(H,25,28);1H. The molecule has 0 saturated carbocycles. The second kappa shape index (κ2) is 12.6. The fourth-order valence-electron chi connectivity index (χ4n) is 3.09. The van der Waals surface area contributed by atoms with Crippen LogP contribution in [0.2, 0.25) is 0 Å². The predicted molar refractivity (Wildman–Crippen MR) is 131 cm³/mol. The largest absolute Gasteiger partial charge is 0.497 e. The average Bonchev–Trinajstić information content (AvgIpc) is 3.14. The van der Waals surface area contributed by atoms with Crippen LogP contribution in [0.25, 0.3) is 0 Å². The molecule has 1 aliphatic rings. The van der Waals surface area contributed by atoms with Crippen molar-refractivity contribution in [3.63, 3.8) is 0 Å². The zero-order valence-electron chi connectivity index (χ0n) is 18.9. The van der Waals surface area contributed by atoms with Crippen LogP contribution in [-0.4, -0.2) is 74.8 Å². The molecule has 2 rings (SSSR count). The highest BCUT2D eigenvalue weighted by atomic mass is 127. The van der Waals surface area contributed by atoms with E-state index in [-0.39, 0.29) is 35.9 Å². The number of benzene rings is 1. The van der Waals surface area contributed by atoms with Crippen LogP contribution >= 0.6 is 24.0 Å². The Morgan fingerprint density at radius 1 is 1.23 bits per heavy atom. The van der Waals surface area contributed by atoms with E-state index in [4.69, 9.17) is 9.47 Å². The van der Waals surface area contributed by atoms with E-state index in [0.717, 1.165) is 18.9 Å². The number of amides is 2. The second-order valence-corrected chi connectivity index (χ2v) is 8.04. The molecule has 1 aromatic carbocycles. The van der Waals surface area contributed by atoms with Crippen LogP contribution in [0, 0.1) is 0 Å². The summed E-state index contributed by atoms with van der Waals surface area (Å²) in [6.07, 6.45) is 0.407. The summed E-state index contributed by atoms with van der Waals surface area (Å²) in [7, 11) is 3.28. The summed E-state index contributed by atoms with van der Waals surface area (Å²) in [5.41, 5.74) is 0.0317. The van der Waals surface area contributed by atoms with Gasteiger partial charge in [0.05, 0.1) is 13.2 Å². The first-order valence-electron chi connectivity index (χ1n) is 10.1. The maximum absolute atomic E-state index is 12.2. The number of aliphatic imine (C=N–C) groups is 1. The predicted octanol–water partition coefficient (Wildman–Crippen LogP) is 2.22. The summed E-state index contributed by atoms with van der Waals surface area (Å²) in [4.78, 5) is 30.6. The Balaban J connectivity index is 0.00000480. The van der Waals surface area contributed by atoms with Gasteiger partial charge in [-0.25, -0.2) is 4.79 Å². The van der Waals surface area contributed by atoms with Gasteiger partial charge in [-0.1, -0.05) is 6.07 Å². The monoisotopic (exact) mass is 547 g/mol. The van der Waals surface area contributed by atoms with E-state index in [0.29, 0.717) is 30.9 Å². The van der Waals surface area contributed by atoms with Gasteiger partial charge >= 0.3 is 6.09 Å². The summed E-state index contributed by atoms with van der Waals surface area (Å²) >= 11 is 0. The van der Waals surface area contributed by atoms with Crippen LogP contribution in [0.5, 0.6) is 5.75 Å². The number of ether oxygens (including phenoxy) is 2. The van der Waals surface area contributed by atoms with E-state index in [1.165, 1.54) is 0 Å². The van der Waals surface area contributed by atoms with Crippen LogP contribution in [0.1, 0.15) is 37.6 Å². The third-order valence-electron chi connectivity index (χ3n) is 4.45. The van der Waals surface area contributed by atoms with Gasteiger partial charge in [0.25, 0.3) is 5.91 Å². The van der Waals surface area contributed by atoms with Gasteiger partial charge in [-0.3, -0.25) is 9.79 Å². The lowest BCUT2D eigenvalue weighted by atomic mass is 10.2. The lowest BCUT2D eigenvalue weighted by Gasteiger charge is -2.23. The van der Waals surface area contributed by atoms with Crippen LogP contribution in [-0.2, 0) is 4.74 Å². The molecule has 3 N–H and O–H groups in total. The summed E-state index contributed by atoms with van der Waals surface area (Å²) in [5, 5.41) is 9.02. The molecule has 1 aliphatic heterocycles. The van der Waals surface area contributed by atoms with Crippen LogP contribution < -0.4 is 20.7 Å². The highest BCUT2D eigenvalue weighted by molar-refractivity contribution is 14.0. The van der Waals surface area contributed by atoms with Crippen molar-refractivity contribution in [3.8, 4) is 5.75 Å². The van der Waals surface area contributed by atoms with Crippen LogP contribution in [0.4, 0.5) is 4.79 Å². The number of hydrogen-bond donors (Lipinski definition) is 3. The molecule has 1 atom stereocenters. The lowest BCUT2D eigenvalue weighted by molar-refractivity contribution is 0.0507. The molecule has 9 nitrogen and oxygen atoms in total. The quantitative estimate of drug-likeness (QED) is 0.219. The van der Waals surface area contributed by atoms with Crippen molar-refractivity contribution in [1.29, 1.82) is 0 Å². The van der Waals surface area contributed by atoms with Gasteiger partial charge in [-0.15, -0.1) is 24.0 Å². The van der Waals surface area contributed by atoms with Gasteiger partial charge in [0.2, 0.25) is 0 Å². The topological polar surface area (TPSA) is 104 Å². The number of halogens is 1. The van der Waals surface area contributed by atoms with Crippen LogP contribution in [0.15, 0.2) is 29.3 Å². The number of hydrogen-bond acceptors (Lipinski definition) is 5. The third-order valence-corrected chi connectivity index (χ3v) is 4.45. The SMILES string of the molecule is CN=C(NCCNC(=O)c1cccc(OC)c1)N1CCC(NC(=O)OC(C)(C)C)C1.I. The Labute approximate surface area is 201 Å². The van der Waals surface area contributed by atoms with E-state index < -0.39 is 11.7 Å². The normalized spacial score (nSPS) is 16.2. The van der Waals surface area contributed by atoms with Crippen molar-refractivity contribution >= 4 is 41.9 Å². The minimum atomic E-state index is -0.519. The Hall–Kier alpha value is -2.24. The van der Waals surface area contributed by atoms with Gasteiger partial charge < -0.3 is 30.3 Å². The van der Waals surface area contributed by atoms with Gasteiger partial charge in [0.15, 0.2) is 5.96 Å². The number of nitrogens with zero attached hydrogens (tertiary/aromatic N) is 2. The third kappa shape index (κ3) is 9.19. The molecular weight excluding hydrogens is 513 g/mol. The molecule has 1 saturated heterocycles. The van der Waals surface area contributed by atoms with E-state index in [1.54, 1.807) is 38.4 Å². The van der Waals surface area contributed by atoms with Gasteiger partial charge in [0.1, 0.15) is 11.4 Å². The fourth-order valence-corrected chi connectivity index (χ4v) is 3.09. The van der Waals surface area contributed by atoms with Gasteiger partial charge in [-0.05, 0) is 45.4 Å². The minimum Gasteiger partial charge on any atom is -0.497 e. The summed E-state index contributed by atoms with van der Waals surface area (Å²) in [6.45, 7) is 7.92. The Bertz CT molecular complexity index is 766. The van der Waals surface area contributed by atoms with E-state index in [2.05, 4.69) is 25.8 Å². The van der Waals surface area contributed by atoms with E-state index >= 15 is 0 Å². The highest BCUT2D eigenvalue weighted by Gasteiger charge is 2.27. The molecule has 31 heavy (non-hydrogen) atoms. The second-order valence-electron chi connectivity index (χ2n) is 8.04. The van der Waals surface area contributed by atoms with Crippen molar-refractivity contribution in [2.45, 2.75) is 38.8 Å². The molecule has 1 aromatic rings.